The number of hydrogen-bond donors (Lipinski definition) is 0. The molecule has 0 aromatic carbocycles. The van der Waals surface area contributed by atoms with Crippen LogP contribution in [-0.2, 0) is 6.54 Å². The number of nitrogens with zero attached hydrogens (tertiary/aromatic N) is 5. The molecule has 4 aromatic heterocycles. The summed E-state index contributed by atoms with van der Waals surface area (Å²) in [6, 6.07) is 8.63. The van der Waals surface area contributed by atoms with Gasteiger partial charge in [0.1, 0.15) is 5.65 Å². The Balaban J connectivity index is 1.61. The van der Waals surface area contributed by atoms with Crippen molar-refractivity contribution in [1.82, 2.24) is 24.1 Å². The summed E-state index contributed by atoms with van der Waals surface area (Å²) in [4.78, 5) is 9.52. The van der Waals surface area contributed by atoms with Gasteiger partial charge in [-0.2, -0.15) is 5.10 Å². The van der Waals surface area contributed by atoms with Crippen molar-refractivity contribution in [3.63, 3.8) is 0 Å². The molecule has 1 saturated carbocycles. The second-order valence-corrected chi connectivity index (χ2v) is 9.00. The second kappa shape index (κ2) is 6.30. The van der Waals surface area contributed by atoms with Crippen molar-refractivity contribution in [2.75, 3.05) is 0 Å². The maximum absolute atomic E-state index is 5.08. The van der Waals surface area contributed by atoms with E-state index in [9.17, 15) is 0 Å². The van der Waals surface area contributed by atoms with Crippen LogP contribution in [0.1, 0.15) is 45.2 Å². The third-order valence-electron chi connectivity index (χ3n) is 5.16. The second-order valence-electron chi connectivity index (χ2n) is 9.00. The van der Waals surface area contributed by atoms with E-state index >= 15 is 0 Å². The summed E-state index contributed by atoms with van der Waals surface area (Å²) < 4.78 is 4.06. The molecule has 5 rings (SSSR count). The molecular formula is C23H25N5. The number of pyridine rings is 2. The lowest BCUT2D eigenvalue weighted by Gasteiger charge is -2.17. The maximum Gasteiger partial charge on any atom is 0.137 e. The van der Waals surface area contributed by atoms with Gasteiger partial charge in [-0.25, -0.2) is 4.98 Å². The molecule has 0 bridgehead atoms. The summed E-state index contributed by atoms with van der Waals surface area (Å²) in [5.41, 5.74) is 6.67. The van der Waals surface area contributed by atoms with E-state index in [2.05, 4.69) is 67.5 Å². The Kier molecular flexibility index (Phi) is 3.86. The van der Waals surface area contributed by atoms with Gasteiger partial charge in [-0.1, -0.05) is 26.8 Å². The highest BCUT2D eigenvalue weighted by Crippen LogP contribution is 2.41. The lowest BCUT2D eigenvalue weighted by Crippen LogP contribution is -2.15. The molecule has 5 heteroatoms. The highest BCUT2D eigenvalue weighted by Gasteiger charge is 2.26. The zero-order chi connectivity index (χ0) is 19.3. The number of imidazole rings is 1. The molecule has 142 valence electrons. The highest BCUT2D eigenvalue weighted by molar-refractivity contribution is 5.81. The summed E-state index contributed by atoms with van der Waals surface area (Å²) in [5.74, 6) is 0.617. The van der Waals surface area contributed by atoms with Gasteiger partial charge in [0.25, 0.3) is 0 Å². The standard InChI is InChI=1S/C23H25N5/c1-23(2,3)15-28-14-18(13-25-28)19-6-7-20(16-4-5-16)26-22(19)17-8-10-27-11-9-24-21(27)12-17/h6-14,16H,4-5,15H2,1-3H3. The van der Waals surface area contributed by atoms with E-state index in [0.29, 0.717) is 5.92 Å². The molecule has 5 nitrogen and oxygen atoms in total. The van der Waals surface area contributed by atoms with Gasteiger partial charge in [-0.05, 0) is 36.5 Å². The molecule has 0 aliphatic heterocycles. The van der Waals surface area contributed by atoms with Crippen molar-refractivity contribution in [3.8, 4) is 22.4 Å². The zero-order valence-electron chi connectivity index (χ0n) is 16.6. The summed E-state index contributed by atoms with van der Waals surface area (Å²) >= 11 is 0. The van der Waals surface area contributed by atoms with Crippen molar-refractivity contribution < 1.29 is 0 Å². The minimum absolute atomic E-state index is 0.186. The first kappa shape index (κ1) is 17.2. The Morgan fingerprint density at radius 2 is 1.93 bits per heavy atom. The van der Waals surface area contributed by atoms with Crippen LogP contribution in [0.3, 0.4) is 0 Å². The number of aromatic nitrogens is 5. The van der Waals surface area contributed by atoms with Crippen LogP contribution in [0.4, 0.5) is 0 Å². The van der Waals surface area contributed by atoms with E-state index in [1.54, 1.807) is 0 Å². The SMILES string of the molecule is CC(C)(C)Cn1cc(-c2ccc(C3CC3)nc2-c2ccn3ccnc3c2)cn1. The molecule has 0 spiro atoms. The summed E-state index contributed by atoms with van der Waals surface area (Å²) in [7, 11) is 0. The van der Waals surface area contributed by atoms with E-state index in [-0.39, 0.29) is 5.41 Å². The number of rotatable bonds is 4. The largest absolute Gasteiger partial charge is 0.307 e. The topological polar surface area (TPSA) is 48.0 Å². The van der Waals surface area contributed by atoms with E-state index in [1.165, 1.54) is 18.5 Å². The first-order valence-electron chi connectivity index (χ1n) is 9.93. The molecule has 0 atom stereocenters. The number of hydrogen-bond acceptors (Lipinski definition) is 3. The van der Waals surface area contributed by atoms with Crippen LogP contribution in [0, 0.1) is 5.41 Å². The van der Waals surface area contributed by atoms with Crippen molar-refractivity contribution in [2.24, 2.45) is 5.41 Å². The van der Waals surface area contributed by atoms with Crippen molar-refractivity contribution in [1.29, 1.82) is 0 Å². The third-order valence-corrected chi connectivity index (χ3v) is 5.16. The fourth-order valence-electron chi connectivity index (χ4n) is 3.67. The first-order valence-corrected chi connectivity index (χ1v) is 9.93. The van der Waals surface area contributed by atoms with E-state index in [0.717, 1.165) is 34.6 Å². The number of fused-ring (bicyclic) bond motifs is 1. The van der Waals surface area contributed by atoms with Gasteiger partial charge >= 0.3 is 0 Å². The molecule has 0 unspecified atom stereocenters. The Hall–Kier alpha value is -2.95. The molecule has 0 amide bonds. The molecule has 1 aliphatic carbocycles. The van der Waals surface area contributed by atoms with Gasteiger partial charge in [-0.3, -0.25) is 9.67 Å². The lowest BCUT2D eigenvalue weighted by atomic mass is 9.97. The Bertz CT molecular complexity index is 1140. The summed E-state index contributed by atoms with van der Waals surface area (Å²) in [5, 5.41) is 4.60. The van der Waals surface area contributed by atoms with Gasteiger partial charge in [0.05, 0.1) is 11.9 Å². The van der Waals surface area contributed by atoms with Gasteiger partial charge in [0.2, 0.25) is 0 Å². The minimum Gasteiger partial charge on any atom is -0.307 e. The van der Waals surface area contributed by atoms with Crippen LogP contribution in [0.25, 0.3) is 28.0 Å². The maximum atomic E-state index is 5.08. The van der Waals surface area contributed by atoms with Crippen LogP contribution < -0.4 is 0 Å². The van der Waals surface area contributed by atoms with Crippen molar-refractivity contribution >= 4 is 5.65 Å². The zero-order valence-corrected chi connectivity index (χ0v) is 16.6. The molecule has 1 fully saturated rings. The fourth-order valence-corrected chi connectivity index (χ4v) is 3.67. The predicted molar refractivity (Wildman–Crippen MR) is 111 cm³/mol. The van der Waals surface area contributed by atoms with E-state index in [4.69, 9.17) is 4.98 Å². The van der Waals surface area contributed by atoms with Crippen LogP contribution in [0.15, 0.2) is 55.2 Å². The average Bonchev–Trinajstić information content (AvgIpc) is 3.23. The Morgan fingerprint density at radius 1 is 1.07 bits per heavy atom. The normalized spacial score (nSPS) is 14.7. The van der Waals surface area contributed by atoms with Gasteiger partial charge in [0.15, 0.2) is 0 Å². The van der Waals surface area contributed by atoms with Gasteiger partial charge in [0, 0.05) is 59.6 Å². The summed E-state index contributed by atoms with van der Waals surface area (Å²) in [6.07, 6.45) is 12.4. The van der Waals surface area contributed by atoms with Gasteiger partial charge in [-0.15, -0.1) is 0 Å². The molecular weight excluding hydrogens is 346 g/mol. The lowest BCUT2D eigenvalue weighted by molar-refractivity contribution is 0.325. The van der Waals surface area contributed by atoms with Crippen LogP contribution >= 0.6 is 0 Å². The molecule has 28 heavy (non-hydrogen) atoms. The smallest absolute Gasteiger partial charge is 0.137 e. The highest BCUT2D eigenvalue weighted by atomic mass is 15.3. The monoisotopic (exact) mass is 371 g/mol. The minimum atomic E-state index is 0.186. The fraction of sp³-hybridized carbons (Fsp3) is 0.348. The van der Waals surface area contributed by atoms with Crippen LogP contribution in [-0.4, -0.2) is 24.1 Å². The van der Waals surface area contributed by atoms with E-state index in [1.807, 2.05) is 27.7 Å². The van der Waals surface area contributed by atoms with Crippen LogP contribution in [0.2, 0.25) is 0 Å². The summed E-state index contributed by atoms with van der Waals surface area (Å²) in [6.45, 7) is 7.57. The Labute approximate surface area is 165 Å². The third kappa shape index (κ3) is 3.33. The van der Waals surface area contributed by atoms with Crippen molar-refractivity contribution in [2.45, 2.75) is 46.1 Å². The molecule has 0 N–H and O–H groups in total. The molecule has 1 aliphatic rings. The first-order chi connectivity index (χ1) is 13.5. The average molecular weight is 371 g/mol. The molecule has 4 aromatic rings. The molecule has 0 saturated heterocycles. The van der Waals surface area contributed by atoms with Gasteiger partial charge < -0.3 is 4.40 Å². The quantitative estimate of drug-likeness (QED) is 0.496. The Morgan fingerprint density at radius 3 is 2.71 bits per heavy atom. The predicted octanol–water partition coefficient (Wildman–Crippen LogP) is 5.18. The molecule has 4 heterocycles. The van der Waals surface area contributed by atoms with E-state index < -0.39 is 0 Å². The molecule has 0 radical (unpaired) electrons. The van der Waals surface area contributed by atoms with Crippen LogP contribution in [0.5, 0.6) is 0 Å². The van der Waals surface area contributed by atoms with Crippen molar-refractivity contribution in [3.05, 3.63) is 60.9 Å².